The number of nitrogens with zero attached hydrogens (tertiary/aromatic N) is 2. The SMILES string of the molecule is FC(F)(F)Oc1ccc(Oc2ccc3cc(OCCN4CCOCC4)cc(Cl)c3n2)cc1. The first-order valence-electron chi connectivity index (χ1n) is 9.93. The Balaban J connectivity index is 1.40. The number of hydrogen-bond donors (Lipinski definition) is 0. The molecule has 2 heterocycles. The van der Waals surface area contributed by atoms with E-state index in [1.807, 2.05) is 6.07 Å². The summed E-state index contributed by atoms with van der Waals surface area (Å²) in [6.07, 6.45) is -4.75. The number of benzene rings is 2. The lowest BCUT2D eigenvalue weighted by Crippen LogP contribution is -2.38. The lowest BCUT2D eigenvalue weighted by molar-refractivity contribution is -0.274. The molecule has 0 radical (unpaired) electrons. The molecule has 1 aliphatic heterocycles. The Morgan fingerprint density at radius 3 is 2.41 bits per heavy atom. The van der Waals surface area contributed by atoms with Gasteiger partial charge in [0.05, 0.1) is 23.8 Å². The summed E-state index contributed by atoms with van der Waals surface area (Å²) < 4.78 is 57.5. The van der Waals surface area contributed by atoms with Gasteiger partial charge in [-0.2, -0.15) is 0 Å². The van der Waals surface area contributed by atoms with Crippen LogP contribution in [0.1, 0.15) is 0 Å². The number of rotatable bonds is 7. The van der Waals surface area contributed by atoms with Gasteiger partial charge in [-0.1, -0.05) is 11.6 Å². The van der Waals surface area contributed by atoms with Crippen LogP contribution in [0.4, 0.5) is 13.2 Å². The summed E-state index contributed by atoms with van der Waals surface area (Å²) in [7, 11) is 0. The highest BCUT2D eigenvalue weighted by molar-refractivity contribution is 6.35. The molecular weight excluding hydrogens is 449 g/mol. The third kappa shape index (κ3) is 6.15. The molecule has 32 heavy (non-hydrogen) atoms. The molecule has 3 aromatic rings. The molecule has 0 amide bonds. The first-order valence-corrected chi connectivity index (χ1v) is 10.3. The summed E-state index contributed by atoms with van der Waals surface area (Å²) in [6.45, 7) is 4.60. The molecule has 0 saturated carbocycles. The quantitative estimate of drug-likeness (QED) is 0.469. The van der Waals surface area contributed by atoms with Crippen LogP contribution in [0.25, 0.3) is 10.9 Å². The normalized spacial score (nSPS) is 15.0. The largest absolute Gasteiger partial charge is 0.573 e. The standard InChI is InChI=1S/C22H20ClF3N2O4/c23-19-14-18(30-12-9-28-7-10-29-11-8-28)13-15-1-6-20(27-21(15)19)31-16-2-4-17(5-3-16)32-22(24,25)26/h1-6,13-14H,7-12H2. The Hall–Kier alpha value is -2.75. The van der Waals surface area contributed by atoms with Crippen molar-refractivity contribution in [1.29, 1.82) is 0 Å². The number of aromatic nitrogens is 1. The van der Waals surface area contributed by atoms with Crippen LogP contribution < -0.4 is 14.2 Å². The fourth-order valence-electron chi connectivity index (χ4n) is 3.24. The van der Waals surface area contributed by atoms with E-state index in [9.17, 15) is 13.2 Å². The molecule has 1 saturated heterocycles. The van der Waals surface area contributed by atoms with Crippen LogP contribution in [0.5, 0.6) is 23.1 Å². The monoisotopic (exact) mass is 468 g/mol. The van der Waals surface area contributed by atoms with Crippen LogP contribution in [0.3, 0.4) is 0 Å². The summed E-state index contributed by atoms with van der Waals surface area (Å²) in [4.78, 5) is 6.68. The van der Waals surface area contributed by atoms with Gasteiger partial charge in [0.15, 0.2) is 0 Å². The number of ether oxygens (including phenoxy) is 4. The summed E-state index contributed by atoms with van der Waals surface area (Å²) in [5.74, 6) is 0.877. The topological polar surface area (TPSA) is 53.0 Å². The second kappa shape index (κ2) is 9.81. The van der Waals surface area contributed by atoms with Crippen molar-refractivity contribution in [3.8, 4) is 23.1 Å². The molecule has 4 rings (SSSR count). The second-order valence-electron chi connectivity index (χ2n) is 7.05. The van der Waals surface area contributed by atoms with E-state index in [0.29, 0.717) is 28.6 Å². The van der Waals surface area contributed by atoms with Crippen LogP contribution in [-0.4, -0.2) is 55.7 Å². The average molecular weight is 469 g/mol. The van der Waals surface area contributed by atoms with Gasteiger partial charge in [0.1, 0.15) is 23.9 Å². The number of halogens is 4. The van der Waals surface area contributed by atoms with Gasteiger partial charge >= 0.3 is 6.36 Å². The van der Waals surface area contributed by atoms with Crippen molar-refractivity contribution >= 4 is 22.5 Å². The molecule has 0 spiro atoms. The maximum Gasteiger partial charge on any atom is 0.573 e. The highest BCUT2D eigenvalue weighted by atomic mass is 35.5. The van der Waals surface area contributed by atoms with Crippen molar-refractivity contribution in [3.63, 3.8) is 0 Å². The Morgan fingerprint density at radius 2 is 1.69 bits per heavy atom. The van der Waals surface area contributed by atoms with Crippen LogP contribution in [-0.2, 0) is 4.74 Å². The zero-order valence-electron chi connectivity index (χ0n) is 16.9. The molecule has 0 bridgehead atoms. The van der Waals surface area contributed by atoms with Crippen molar-refractivity contribution in [2.75, 3.05) is 39.5 Å². The summed E-state index contributed by atoms with van der Waals surface area (Å²) in [5, 5.41) is 1.18. The maximum absolute atomic E-state index is 12.3. The number of morpholine rings is 1. The molecule has 0 aliphatic carbocycles. The fourth-order valence-corrected chi connectivity index (χ4v) is 3.49. The summed E-state index contributed by atoms with van der Waals surface area (Å²) in [5.41, 5.74) is 0.529. The zero-order chi connectivity index (χ0) is 22.6. The van der Waals surface area contributed by atoms with Crippen LogP contribution in [0.15, 0.2) is 48.5 Å². The predicted octanol–water partition coefficient (Wildman–Crippen LogP) is 5.29. The van der Waals surface area contributed by atoms with Gasteiger partial charge < -0.3 is 18.9 Å². The summed E-state index contributed by atoms with van der Waals surface area (Å²) >= 11 is 6.40. The van der Waals surface area contributed by atoms with Gasteiger partial charge in [0, 0.05) is 37.2 Å². The van der Waals surface area contributed by atoms with Gasteiger partial charge in [-0.25, -0.2) is 4.98 Å². The minimum absolute atomic E-state index is 0.255. The molecule has 1 fully saturated rings. The Labute approximate surface area is 187 Å². The van der Waals surface area contributed by atoms with E-state index in [2.05, 4.69) is 14.6 Å². The van der Waals surface area contributed by atoms with Crippen molar-refractivity contribution in [2.24, 2.45) is 0 Å². The first kappa shape index (κ1) is 22.4. The van der Waals surface area contributed by atoms with Crippen molar-refractivity contribution in [3.05, 3.63) is 53.6 Å². The van der Waals surface area contributed by atoms with Gasteiger partial charge in [-0.05, 0) is 36.4 Å². The van der Waals surface area contributed by atoms with Gasteiger partial charge in [0.25, 0.3) is 0 Å². The molecule has 10 heteroatoms. The molecule has 170 valence electrons. The van der Waals surface area contributed by atoms with Crippen molar-refractivity contribution in [2.45, 2.75) is 6.36 Å². The van der Waals surface area contributed by atoms with Crippen molar-refractivity contribution in [1.82, 2.24) is 9.88 Å². The van der Waals surface area contributed by atoms with Gasteiger partial charge in [-0.3, -0.25) is 4.90 Å². The molecular formula is C22H20ClF3N2O4. The van der Waals surface area contributed by atoms with E-state index in [-0.39, 0.29) is 11.6 Å². The summed E-state index contributed by atoms with van der Waals surface area (Å²) in [6, 6.07) is 12.0. The maximum atomic E-state index is 12.3. The smallest absolute Gasteiger partial charge is 0.492 e. The molecule has 0 atom stereocenters. The highest BCUT2D eigenvalue weighted by Gasteiger charge is 2.31. The first-order chi connectivity index (χ1) is 15.4. The lowest BCUT2D eigenvalue weighted by atomic mass is 10.2. The Kier molecular flexibility index (Phi) is 6.88. The number of alkyl halides is 3. The van der Waals surface area contributed by atoms with E-state index >= 15 is 0 Å². The van der Waals surface area contributed by atoms with Crippen LogP contribution in [0, 0.1) is 0 Å². The lowest BCUT2D eigenvalue weighted by Gasteiger charge is -2.26. The minimum atomic E-state index is -4.75. The second-order valence-corrected chi connectivity index (χ2v) is 7.46. The van der Waals surface area contributed by atoms with Gasteiger partial charge in [-0.15, -0.1) is 13.2 Å². The zero-order valence-corrected chi connectivity index (χ0v) is 17.7. The predicted molar refractivity (Wildman–Crippen MR) is 113 cm³/mol. The van der Waals surface area contributed by atoms with Gasteiger partial charge in [0.2, 0.25) is 5.88 Å². The number of pyridine rings is 1. The minimum Gasteiger partial charge on any atom is -0.492 e. The molecule has 0 unspecified atom stereocenters. The van der Waals surface area contributed by atoms with E-state index in [1.54, 1.807) is 18.2 Å². The average Bonchev–Trinajstić information content (AvgIpc) is 2.75. The molecule has 0 N–H and O–H groups in total. The molecule has 1 aromatic heterocycles. The fraction of sp³-hybridized carbons (Fsp3) is 0.318. The number of fused-ring (bicyclic) bond motifs is 1. The third-order valence-electron chi connectivity index (χ3n) is 4.75. The third-order valence-corrected chi connectivity index (χ3v) is 5.04. The van der Waals surface area contributed by atoms with E-state index in [4.69, 9.17) is 25.8 Å². The van der Waals surface area contributed by atoms with E-state index < -0.39 is 6.36 Å². The molecule has 2 aromatic carbocycles. The number of hydrogen-bond acceptors (Lipinski definition) is 6. The van der Waals surface area contributed by atoms with Crippen LogP contribution >= 0.6 is 11.6 Å². The molecule has 1 aliphatic rings. The van der Waals surface area contributed by atoms with Crippen LogP contribution in [0.2, 0.25) is 5.02 Å². The molecule has 6 nitrogen and oxygen atoms in total. The Morgan fingerprint density at radius 1 is 0.969 bits per heavy atom. The highest BCUT2D eigenvalue weighted by Crippen LogP contribution is 2.31. The van der Waals surface area contributed by atoms with E-state index in [0.717, 1.165) is 50.4 Å². The Bertz CT molecular complexity index is 1060. The van der Waals surface area contributed by atoms with E-state index in [1.165, 1.54) is 12.1 Å². The van der Waals surface area contributed by atoms with Crippen molar-refractivity contribution < 1.29 is 32.1 Å².